The average molecular weight is 412 g/mol. The fourth-order valence-corrected chi connectivity index (χ4v) is 3.82. The lowest BCUT2D eigenvalue weighted by atomic mass is 10.0. The Balaban J connectivity index is 1.47. The molecule has 0 spiro atoms. The minimum absolute atomic E-state index is 0.0329. The molecule has 0 aromatic carbocycles. The topological polar surface area (TPSA) is 89.5 Å². The zero-order valence-electron chi connectivity index (χ0n) is 18.0. The molecular weight excluding hydrogens is 382 g/mol. The van der Waals surface area contributed by atoms with Crippen LogP contribution in [-0.4, -0.2) is 40.3 Å². The number of nitrogens with zero attached hydrogens (tertiary/aromatic N) is 4. The predicted octanol–water partition coefficient (Wildman–Crippen LogP) is 4.05. The maximum Gasteiger partial charge on any atom is 0.415 e. The van der Waals surface area contributed by atoms with Gasteiger partial charge >= 0.3 is 6.09 Å². The molecule has 1 aliphatic carbocycles. The van der Waals surface area contributed by atoms with Gasteiger partial charge in [-0.3, -0.25) is 9.88 Å². The molecule has 2 aromatic rings. The van der Waals surface area contributed by atoms with Crippen LogP contribution in [0.25, 0.3) is 0 Å². The minimum atomic E-state index is -0.366. The number of aromatic nitrogens is 3. The van der Waals surface area contributed by atoms with Gasteiger partial charge in [-0.15, -0.1) is 0 Å². The molecule has 2 aliphatic rings. The van der Waals surface area contributed by atoms with Gasteiger partial charge in [-0.25, -0.2) is 9.78 Å². The fraction of sp³-hybridized carbons (Fsp3) is 0.545. The third-order valence-corrected chi connectivity index (χ3v) is 5.79. The predicted molar refractivity (Wildman–Crippen MR) is 113 cm³/mol. The second kappa shape index (κ2) is 8.18. The van der Waals surface area contributed by atoms with Crippen LogP contribution < -0.4 is 10.2 Å². The third kappa shape index (κ3) is 3.96. The van der Waals surface area contributed by atoms with Crippen LogP contribution >= 0.6 is 0 Å². The van der Waals surface area contributed by atoms with E-state index in [2.05, 4.69) is 40.2 Å². The van der Waals surface area contributed by atoms with Crippen LogP contribution in [0.4, 0.5) is 16.6 Å². The highest BCUT2D eigenvalue weighted by Gasteiger charge is 2.46. The van der Waals surface area contributed by atoms with Crippen LogP contribution in [0.1, 0.15) is 57.8 Å². The molecule has 1 unspecified atom stereocenters. The molecule has 8 nitrogen and oxygen atoms in total. The lowest BCUT2D eigenvalue weighted by Crippen LogP contribution is -2.37. The number of rotatable bonds is 8. The van der Waals surface area contributed by atoms with Crippen molar-refractivity contribution < 1.29 is 14.3 Å². The van der Waals surface area contributed by atoms with Gasteiger partial charge in [0.2, 0.25) is 5.95 Å². The number of ether oxygens (including phenoxy) is 2. The van der Waals surface area contributed by atoms with Gasteiger partial charge in [0, 0.05) is 19.0 Å². The molecule has 1 saturated carbocycles. The molecule has 1 saturated heterocycles. The first-order valence-electron chi connectivity index (χ1n) is 10.6. The van der Waals surface area contributed by atoms with Crippen molar-refractivity contribution in [3.8, 4) is 0 Å². The van der Waals surface area contributed by atoms with Gasteiger partial charge in [-0.05, 0) is 50.3 Å². The van der Waals surface area contributed by atoms with E-state index in [1.54, 1.807) is 17.2 Å². The summed E-state index contributed by atoms with van der Waals surface area (Å²) in [6.45, 7) is 9.24. The first-order valence-corrected chi connectivity index (χ1v) is 10.6. The van der Waals surface area contributed by atoms with Crippen LogP contribution in [0, 0.1) is 5.92 Å². The van der Waals surface area contributed by atoms with E-state index in [1.165, 1.54) is 0 Å². The zero-order valence-corrected chi connectivity index (χ0v) is 18.0. The van der Waals surface area contributed by atoms with E-state index in [-0.39, 0.29) is 29.7 Å². The lowest BCUT2D eigenvalue weighted by molar-refractivity contribution is 0.0363. The monoisotopic (exact) mass is 411 g/mol. The Kier molecular flexibility index (Phi) is 5.60. The van der Waals surface area contributed by atoms with Crippen molar-refractivity contribution in [3.63, 3.8) is 0 Å². The molecule has 1 N–H and O–H groups in total. The number of carbonyl (C=O) groups excluding carboxylic acids is 1. The van der Waals surface area contributed by atoms with Gasteiger partial charge in [0.1, 0.15) is 18.0 Å². The molecule has 3 heterocycles. The lowest BCUT2D eigenvalue weighted by Gasteiger charge is -2.24. The van der Waals surface area contributed by atoms with Crippen molar-refractivity contribution >= 4 is 17.9 Å². The van der Waals surface area contributed by atoms with E-state index in [4.69, 9.17) is 9.47 Å². The summed E-state index contributed by atoms with van der Waals surface area (Å²) in [5, 5.41) is 3.31. The van der Waals surface area contributed by atoms with E-state index in [0.717, 1.165) is 24.1 Å². The number of hydrogen-bond donors (Lipinski definition) is 1. The number of cyclic esters (lactones) is 1. The van der Waals surface area contributed by atoms with E-state index >= 15 is 0 Å². The maximum atomic E-state index is 12.2. The quantitative estimate of drug-likeness (QED) is 0.701. The van der Waals surface area contributed by atoms with Gasteiger partial charge < -0.3 is 14.8 Å². The number of hydrogen-bond acceptors (Lipinski definition) is 7. The molecule has 1 aliphatic heterocycles. The number of nitrogens with one attached hydrogen (secondary N) is 1. The second-order valence-corrected chi connectivity index (χ2v) is 8.27. The van der Waals surface area contributed by atoms with Crippen LogP contribution in [-0.2, 0) is 15.1 Å². The molecule has 4 rings (SSSR count). The highest BCUT2D eigenvalue weighted by Crippen LogP contribution is 2.48. The van der Waals surface area contributed by atoms with Crippen molar-refractivity contribution in [1.82, 2.24) is 15.0 Å². The van der Waals surface area contributed by atoms with Crippen LogP contribution in [0.3, 0.4) is 0 Å². The summed E-state index contributed by atoms with van der Waals surface area (Å²) < 4.78 is 11.1. The van der Waals surface area contributed by atoms with Gasteiger partial charge in [0.05, 0.1) is 17.8 Å². The number of carbonyl (C=O) groups is 1. The molecule has 1 amide bonds. The molecular formula is C22H29N5O3. The standard InChI is InChI=1S/C22H29N5O3/c1-5-30-22(9-10-22)18-7-6-16(12-24-18)15(4)25-20-23-11-8-19(26-20)27-17(14(2)3)13-29-21(27)28/h6-8,11-12,14-15,17H,5,9-10,13H2,1-4H3,(H,23,25,26)/t15-,17?/m0/s1. The van der Waals surface area contributed by atoms with E-state index in [9.17, 15) is 4.79 Å². The molecule has 0 bridgehead atoms. The van der Waals surface area contributed by atoms with Crippen molar-refractivity contribution in [1.29, 1.82) is 0 Å². The molecule has 160 valence electrons. The Morgan fingerprint density at radius 3 is 2.70 bits per heavy atom. The molecule has 0 radical (unpaired) electrons. The van der Waals surface area contributed by atoms with E-state index < -0.39 is 0 Å². The summed E-state index contributed by atoms with van der Waals surface area (Å²) in [6, 6.07) is 5.76. The first-order chi connectivity index (χ1) is 14.4. The molecule has 2 atom stereocenters. The second-order valence-electron chi connectivity index (χ2n) is 8.27. The van der Waals surface area contributed by atoms with Crippen molar-refractivity contribution in [3.05, 3.63) is 41.9 Å². The Hall–Kier alpha value is -2.74. The van der Waals surface area contributed by atoms with Gasteiger partial charge in [0.25, 0.3) is 0 Å². The highest BCUT2D eigenvalue weighted by molar-refractivity contribution is 5.89. The summed E-state index contributed by atoms with van der Waals surface area (Å²) in [7, 11) is 0. The summed E-state index contributed by atoms with van der Waals surface area (Å²) >= 11 is 0. The largest absolute Gasteiger partial charge is 0.447 e. The summed E-state index contributed by atoms with van der Waals surface area (Å²) in [5.74, 6) is 1.26. The van der Waals surface area contributed by atoms with Crippen LogP contribution in [0.2, 0.25) is 0 Å². The Morgan fingerprint density at radius 2 is 2.07 bits per heavy atom. The van der Waals surface area contributed by atoms with Crippen LogP contribution in [0.5, 0.6) is 0 Å². The normalized spacial score (nSPS) is 20.9. The SMILES string of the molecule is CCOC1(c2ccc([C@H](C)Nc3nccc(N4C(=O)OCC4C(C)C)n3)cn2)CC1. The number of anilines is 2. The molecule has 2 aromatic heterocycles. The van der Waals surface area contributed by atoms with Crippen molar-refractivity contribution in [2.45, 2.75) is 58.2 Å². The minimum Gasteiger partial charge on any atom is -0.447 e. The average Bonchev–Trinajstić information content (AvgIpc) is 3.41. The van der Waals surface area contributed by atoms with Crippen molar-refractivity contribution in [2.75, 3.05) is 23.4 Å². The summed E-state index contributed by atoms with van der Waals surface area (Å²) in [4.78, 5) is 27.3. The highest BCUT2D eigenvalue weighted by atomic mass is 16.6. The Morgan fingerprint density at radius 1 is 1.27 bits per heavy atom. The molecule has 8 heteroatoms. The zero-order chi connectivity index (χ0) is 21.3. The smallest absolute Gasteiger partial charge is 0.415 e. The van der Waals surface area contributed by atoms with Crippen molar-refractivity contribution in [2.24, 2.45) is 5.92 Å². The van der Waals surface area contributed by atoms with Gasteiger partial charge in [-0.1, -0.05) is 19.9 Å². The van der Waals surface area contributed by atoms with E-state index in [0.29, 0.717) is 25.0 Å². The van der Waals surface area contributed by atoms with Gasteiger partial charge in [0.15, 0.2) is 0 Å². The van der Waals surface area contributed by atoms with Gasteiger partial charge in [-0.2, -0.15) is 4.98 Å². The first kappa shape index (κ1) is 20.5. The summed E-state index contributed by atoms with van der Waals surface area (Å²) in [5.41, 5.74) is 1.84. The molecule has 2 fully saturated rings. The number of amides is 1. The Bertz CT molecular complexity index is 898. The Labute approximate surface area is 177 Å². The number of pyridine rings is 1. The fourth-order valence-electron chi connectivity index (χ4n) is 3.82. The third-order valence-electron chi connectivity index (χ3n) is 5.79. The van der Waals surface area contributed by atoms with E-state index in [1.807, 2.05) is 26.1 Å². The van der Waals surface area contributed by atoms with Crippen LogP contribution in [0.15, 0.2) is 30.6 Å². The molecule has 30 heavy (non-hydrogen) atoms. The summed E-state index contributed by atoms with van der Waals surface area (Å²) in [6.07, 6.45) is 5.22. The maximum absolute atomic E-state index is 12.2.